The molecule has 0 saturated heterocycles. The molecule has 0 aromatic rings. The van der Waals surface area contributed by atoms with Gasteiger partial charge in [-0.25, -0.2) is 0 Å². The summed E-state index contributed by atoms with van der Waals surface area (Å²) >= 11 is 1.64. The maximum absolute atomic E-state index is 10.7. The molecule has 0 heterocycles. The molecule has 1 aliphatic rings. The first-order valence-electron chi connectivity index (χ1n) is 2.95. The third-order valence-electron chi connectivity index (χ3n) is 1.20. The molecule has 1 aliphatic carbocycles. The average molecular weight is 254 g/mol. The zero-order valence-corrected chi connectivity index (χ0v) is 7.34. The summed E-state index contributed by atoms with van der Waals surface area (Å²) in [5, 5.41) is 2.55. The SMILES string of the molecule is O=C(NI)C(=O)NC1CC1. The van der Waals surface area contributed by atoms with E-state index in [1.165, 1.54) is 0 Å². The lowest BCUT2D eigenvalue weighted by molar-refractivity contribution is -0.137. The van der Waals surface area contributed by atoms with Crippen molar-refractivity contribution in [2.75, 3.05) is 0 Å². The van der Waals surface area contributed by atoms with Crippen LogP contribution >= 0.6 is 22.9 Å². The average Bonchev–Trinajstić information content (AvgIpc) is 2.70. The molecule has 1 saturated carbocycles. The molecule has 1 fully saturated rings. The van der Waals surface area contributed by atoms with Crippen LogP contribution in [0.4, 0.5) is 0 Å². The molecule has 2 N–H and O–H groups in total. The summed E-state index contributed by atoms with van der Waals surface area (Å²) in [6, 6.07) is 0.251. The van der Waals surface area contributed by atoms with E-state index in [4.69, 9.17) is 0 Å². The number of hydrogen-bond acceptors (Lipinski definition) is 2. The topological polar surface area (TPSA) is 58.2 Å². The van der Waals surface area contributed by atoms with E-state index in [0.29, 0.717) is 0 Å². The fraction of sp³-hybridized carbons (Fsp3) is 0.600. The van der Waals surface area contributed by atoms with Gasteiger partial charge in [-0.15, -0.1) is 0 Å². The number of carbonyl (C=O) groups is 2. The van der Waals surface area contributed by atoms with Gasteiger partial charge in [0.15, 0.2) is 0 Å². The van der Waals surface area contributed by atoms with Crippen LogP contribution in [0, 0.1) is 0 Å². The van der Waals surface area contributed by atoms with Gasteiger partial charge in [0.25, 0.3) is 0 Å². The molecule has 0 aromatic carbocycles. The summed E-state index contributed by atoms with van der Waals surface area (Å²) in [4.78, 5) is 21.2. The van der Waals surface area contributed by atoms with E-state index in [1.54, 1.807) is 22.9 Å². The van der Waals surface area contributed by atoms with Gasteiger partial charge in [-0.2, -0.15) is 0 Å². The molecule has 4 nitrogen and oxygen atoms in total. The highest BCUT2D eigenvalue weighted by atomic mass is 127. The van der Waals surface area contributed by atoms with E-state index >= 15 is 0 Å². The predicted octanol–water partition coefficient (Wildman–Crippen LogP) is -0.269. The summed E-state index contributed by atoms with van der Waals surface area (Å²) < 4.78 is 2.22. The van der Waals surface area contributed by atoms with Crippen LogP contribution in [0.25, 0.3) is 0 Å². The fourth-order valence-electron chi connectivity index (χ4n) is 0.522. The molecule has 0 atom stereocenters. The second-order valence-corrected chi connectivity index (χ2v) is 2.71. The molecule has 10 heavy (non-hydrogen) atoms. The third kappa shape index (κ3) is 2.13. The first-order chi connectivity index (χ1) is 4.74. The van der Waals surface area contributed by atoms with Crippen LogP contribution in [0.5, 0.6) is 0 Å². The van der Waals surface area contributed by atoms with E-state index in [-0.39, 0.29) is 6.04 Å². The van der Waals surface area contributed by atoms with Gasteiger partial charge in [0.05, 0.1) is 22.9 Å². The number of amides is 2. The fourth-order valence-corrected chi connectivity index (χ4v) is 0.766. The highest BCUT2D eigenvalue weighted by molar-refractivity contribution is 14.1. The van der Waals surface area contributed by atoms with E-state index in [2.05, 4.69) is 8.85 Å². The molecular formula is C5H7IN2O2. The lowest BCUT2D eigenvalue weighted by Crippen LogP contribution is -2.37. The Kier molecular flexibility index (Phi) is 2.47. The Balaban J connectivity index is 2.25. The predicted molar refractivity (Wildman–Crippen MR) is 43.3 cm³/mol. The van der Waals surface area contributed by atoms with Crippen LogP contribution < -0.4 is 8.85 Å². The monoisotopic (exact) mass is 254 g/mol. The molecular weight excluding hydrogens is 247 g/mol. The quantitative estimate of drug-likeness (QED) is 0.384. The molecule has 56 valence electrons. The molecule has 0 radical (unpaired) electrons. The number of nitrogens with one attached hydrogen (secondary N) is 2. The number of hydrogen-bond donors (Lipinski definition) is 2. The van der Waals surface area contributed by atoms with Crippen molar-refractivity contribution in [1.82, 2.24) is 8.85 Å². The highest BCUT2D eigenvalue weighted by Gasteiger charge is 2.25. The maximum Gasteiger partial charge on any atom is 0.317 e. The zero-order chi connectivity index (χ0) is 7.56. The summed E-state index contributed by atoms with van der Waals surface area (Å²) in [6.45, 7) is 0. The van der Waals surface area contributed by atoms with Crippen molar-refractivity contribution in [1.29, 1.82) is 0 Å². The summed E-state index contributed by atoms with van der Waals surface area (Å²) in [5.74, 6) is -1.11. The highest BCUT2D eigenvalue weighted by Crippen LogP contribution is 2.18. The van der Waals surface area contributed by atoms with Crippen LogP contribution in [0.3, 0.4) is 0 Å². The van der Waals surface area contributed by atoms with E-state index < -0.39 is 11.8 Å². The Bertz CT molecular complexity index is 167. The van der Waals surface area contributed by atoms with Gasteiger partial charge < -0.3 is 5.32 Å². The van der Waals surface area contributed by atoms with Crippen molar-refractivity contribution >= 4 is 34.7 Å². The minimum absolute atomic E-state index is 0.251. The smallest absolute Gasteiger partial charge is 0.317 e. The molecule has 0 aliphatic heterocycles. The van der Waals surface area contributed by atoms with E-state index in [9.17, 15) is 9.59 Å². The van der Waals surface area contributed by atoms with Crippen molar-refractivity contribution in [3.8, 4) is 0 Å². The number of halogens is 1. The number of rotatable bonds is 1. The van der Waals surface area contributed by atoms with Gasteiger partial charge >= 0.3 is 11.8 Å². The Morgan fingerprint density at radius 1 is 1.30 bits per heavy atom. The van der Waals surface area contributed by atoms with Gasteiger partial charge in [-0.3, -0.25) is 13.1 Å². The second kappa shape index (κ2) is 3.18. The van der Waals surface area contributed by atoms with Gasteiger partial charge in [-0.05, 0) is 12.8 Å². The van der Waals surface area contributed by atoms with Crippen molar-refractivity contribution in [2.24, 2.45) is 0 Å². The Morgan fingerprint density at radius 2 is 1.90 bits per heavy atom. The number of carbonyl (C=O) groups excluding carboxylic acids is 2. The Morgan fingerprint density at radius 3 is 2.30 bits per heavy atom. The van der Waals surface area contributed by atoms with Crippen LogP contribution in [-0.2, 0) is 9.59 Å². The van der Waals surface area contributed by atoms with Gasteiger partial charge in [0.1, 0.15) is 0 Å². The standard InChI is InChI=1S/C5H7IN2O2/c6-8-5(10)4(9)7-3-1-2-3/h3H,1-2H2,(H,7,9)(H,8,10). The molecule has 2 amide bonds. The molecule has 1 rings (SSSR count). The Labute approximate surface area is 72.2 Å². The first-order valence-corrected chi connectivity index (χ1v) is 4.03. The minimum atomic E-state index is -0.576. The van der Waals surface area contributed by atoms with Crippen LogP contribution in [0.15, 0.2) is 0 Å². The van der Waals surface area contributed by atoms with Crippen molar-refractivity contribution in [3.63, 3.8) is 0 Å². The molecule has 0 spiro atoms. The minimum Gasteiger partial charge on any atom is -0.345 e. The molecule has 5 heteroatoms. The van der Waals surface area contributed by atoms with Crippen molar-refractivity contribution in [2.45, 2.75) is 18.9 Å². The summed E-state index contributed by atoms with van der Waals surface area (Å²) in [5.41, 5.74) is 0. The van der Waals surface area contributed by atoms with Crippen LogP contribution in [-0.4, -0.2) is 17.9 Å². The third-order valence-corrected chi connectivity index (χ3v) is 1.69. The van der Waals surface area contributed by atoms with Gasteiger partial charge in [0, 0.05) is 6.04 Å². The molecule has 0 bridgehead atoms. The van der Waals surface area contributed by atoms with Crippen molar-refractivity contribution in [3.05, 3.63) is 0 Å². The maximum atomic E-state index is 10.7. The normalized spacial score (nSPS) is 16.1. The summed E-state index contributed by atoms with van der Waals surface area (Å²) in [7, 11) is 0. The van der Waals surface area contributed by atoms with Gasteiger partial charge in [-0.1, -0.05) is 0 Å². The van der Waals surface area contributed by atoms with Crippen molar-refractivity contribution < 1.29 is 9.59 Å². The van der Waals surface area contributed by atoms with E-state index in [0.717, 1.165) is 12.8 Å². The lowest BCUT2D eigenvalue weighted by atomic mass is 10.5. The lowest BCUT2D eigenvalue weighted by Gasteiger charge is -1.98. The Hall–Kier alpha value is -0.330. The van der Waals surface area contributed by atoms with Gasteiger partial charge in [0.2, 0.25) is 0 Å². The van der Waals surface area contributed by atoms with E-state index in [1.807, 2.05) is 0 Å². The first kappa shape index (κ1) is 7.77. The second-order valence-electron chi connectivity index (χ2n) is 2.17. The molecule has 0 aromatic heterocycles. The summed E-state index contributed by atoms with van der Waals surface area (Å²) in [6.07, 6.45) is 2.00. The zero-order valence-electron chi connectivity index (χ0n) is 5.19. The van der Waals surface area contributed by atoms with Crippen LogP contribution in [0.1, 0.15) is 12.8 Å². The van der Waals surface area contributed by atoms with Crippen LogP contribution in [0.2, 0.25) is 0 Å². The largest absolute Gasteiger partial charge is 0.345 e. The molecule has 0 unspecified atom stereocenters.